The molecule has 12 heteroatoms. The Hall–Kier alpha value is -3.41. The third-order valence-corrected chi connectivity index (χ3v) is 7.19. The SMILES string of the molecule is COc1cc(N2C[C@H]3CC[C@@H](C2)[C@@H]3Nc2nc3n(n2)CCO[C@H]3c2ccc(F)c(F)c2F)cnn1. The van der Waals surface area contributed by atoms with E-state index in [9.17, 15) is 13.2 Å². The summed E-state index contributed by atoms with van der Waals surface area (Å²) in [5.41, 5.74) is 0.884. The average molecular weight is 487 g/mol. The van der Waals surface area contributed by atoms with Crippen molar-refractivity contribution in [3.05, 3.63) is 53.2 Å². The highest BCUT2D eigenvalue weighted by Crippen LogP contribution is 2.40. The molecular weight excluding hydrogens is 463 g/mol. The molecule has 1 N–H and O–H groups in total. The molecule has 3 aliphatic rings. The van der Waals surface area contributed by atoms with Crippen LogP contribution in [0.15, 0.2) is 24.4 Å². The van der Waals surface area contributed by atoms with Gasteiger partial charge in [0.15, 0.2) is 23.3 Å². The molecule has 35 heavy (non-hydrogen) atoms. The molecule has 3 aromatic rings. The number of hydrogen-bond acceptors (Lipinski definition) is 8. The molecule has 2 fully saturated rings. The minimum Gasteiger partial charge on any atom is -0.480 e. The summed E-state index contributed by atoms with van der Waals surface area (Å²) in [7, 11) is 1.57. The highest BCUT2D eigenvalue weighted by Gasteiger charge is 2.43. The number of piperidine rings is 1. The smallest absolute Gasteiger partial charge is 0.242 e. The average Bonchev–Trinajstić information content (AvgIpc) is 3.38. The van der Waals surface area contributed by atoms with Gasteiger partial charge in [-0.3, -0.25) is 0 Å². The lowest BCUT2D eigenvalue weighted by Gasteiger charge is -2.39. The summed E-state index contributed by atoms with van der Waals surface area (Å²) in [6, 6.07) is 4.16. The second-order valence-electron chi connectivity index (χ2n) is 9.16. The van der Waals surface area contributed by atoms with Crippen molar-refractivity contribution in [2.75, 3.05) is 37.0 Å². The maximum absolute atomic E-state index is 14.5. The molecule has 4 heterocycles. The summed E-state index contributed by atoms with van der Waals surface area (Å²) in [6.07, 6.45) is 2.94. The number of fused-ring (bicyclic) bond motifs is 3. The normalized spacial score (nSPS) is 25.4. The first kappa shape index (κ1) is 22.1. The van der Waals surface area contributed by atoms with Crippen LogP contribution in [0.1, 0.15) is 30.3 Å². The summed E-state index contributed by atoms with van der Waals surface area (Å²) in [4.78, 5) is 6.88. The fourth-order valence-corrected chi connectivity index (χ4v) is 5.51. The second-order valence-corrected chi connectivity index (χ2v) is 9.16. The van der Waals surface area contributed by atoms with Gasteiger partial charge in [0.05, 0.1) is 32.1 Å². The van der Waals surface area contributed by atoms with Crippen LogP contribution in [0.25, 0.3) is 0 Å². The highest BCUT2D eigenvalue weighted by molar-refractivity contribution is 5.48. The maximum Gasteiger partial charge on any atom is 0.242 e. The Kier molecular flexibility index (Phi) is 5.47. The fraction of sp³-hybridized carbons (Fsp3) is 0.478. The quantitative estimate of drug-likeness (QED) is 0.550. The highest BCUT2D eigenvalue weighted by atomic mass is 19.2. The zero-order valence-corrected chi connectivity index (χ0v) is 19.0. The number of benzene rings is 1. The molecule has 0 spiro atoms. The molecular formula is C23H24F3N7O2. The van der Waals surface area contributed by atoms with Gasteiger partial charge in [0, 0.05) is 30.8 Å². The third-order valence-electron chi connectivity index (χ3n) is 7.19. The number of anilines is 2. The molecule has 2 bridgehead atoms. The first-order chi connectivity index (χ1) is 17.0. The third kappa shape index (κ3) is 3.85. The molecule has 0 radical (unpaired) electrons. The molecule has 1 saturated carbocycles. The van der Waals surface area contributed by atoms with Crippen molar-refractivity contribution >= 4 is 11.6 Å². The van der Waals surface area contributed by atoms with Crippen molar-refractivity contribution in [2.45, 2.75) is 31.5 Å². The number of methoxy groups -OCH3 is 1. The van der Waals surface area contributed by atoms with Crippen LogP contribution in [-0.2, 0) is 11.3 Å². The van der Waals surface area contributed by atoms with Crippen molar-refractivity contribution in [1.82, 2.24) is 25.0 Å². The molecule has 2 aromatic heterocycles. The Balaban J connectivity index is 1.21. The number of ether oxygens (including phenoxy) is 2. The minimum atomic E-state index is -1.52. The molecule has 1 aromatic carbocycles. The second kappa shape index (κ2) is 8.67. The Morgan fingerprint density at radius 3 is 2.69 bits per heavy atom. The lowest BCUT2D eigenvalue weighted by Crippen LogP contribution is -2.48. The predicted molar refractivity (Wildman–Crippen MR) is 119 cm³/mol. The molecule has 2 aliphatic heterocycles. The van der Waals surface area contributed by atoms with Gasteiger partial charge in [0.2, 0.25) is 11.8 Å². The van der Waals surface area contributed by atoms with E-state index in [1.54, 1.807) is 18.0 Å². The Morgan fingerprint density at radius 1 is 1.11 bits per heavy atom. The molecule has 184 valence electrons. The summed E-state index contributed by atoms with van der Waals surface area (Å²) < 4.78 is 54.3. The van der Waals surface area contributed by atoms with Gasteiger partial charge in [-0.05, 0) is 36.8 Å². The van der Waals surface area contributed by atoms with Gasteiger partial charge >= 0.3 is 0 Å². The van der Waals surface area contributed by atoms with E-state index in [0.717, 1.165) is 37.7 Å². The van der Waals surface area contributed by atoms with Crippen molar-refractivity contribution in [3.63, 3.8) is 0 Å². The molecule has 1 saturated heterocycles. The van der Waals surface area contributed by atoms with Crippen molar-refractivity contribution in [2.24, 2.45) is 11.8 Å². The van der Waals surface area contributed by atoms with E-state index in [-0.39, 0.29) is 18.2 Å². The summed E-state index contributed by atoms with van der Waals surface area (Å²) in [5.74, 6) is -2.00. The summed E-state index contributed by atoms with van der Waals surface area (Å²) in [5, 5.41) is 16.0. The summed E-state index contributed by atoms with van der Waals surface area (Å²) in [6.45, 7) is 2.39. The van der Waals surface area contributed by atoms with E-state index in [4.69, 9.17) is 9.47 Å². The Labute approximate surface area is 199 Å². The zero-order valence-electron chi connectivity index (χ0n) is 19.0. The van der Waals surface area contributed by atoms with E-state index >= 15 is 0 Å². The van der Waals surface area contributed by atoms with Crippen LogP contribution in [0.5, 0.6) is 5.88 Å². The van der Waals surface area contributed by atoms with Crippen LogP contribution in [0.4, 0.5) is 24.8 Å². The first-order valence-electron chi connectivity index (χ1n) is 11.6. The Morgan fingerprint density at radius 2 is 1.91 bits per heavy atom. The standard InChI is InChI=1S/C23H24F3N7O2/c1-34-17-8-14(9-27-30-17)32-10-12-2-3-13(11-32)20(12)28-23-29-22-21(35-7-6-33(22)31-23)15-4-5-16(24)19(26)18(15)25/h4-5,8-9,12-13,20-21H,2-3,6-7,10-11H2,1H3,(H,28,31)/t12-,13+,20-,21-/m0/s1. The van der Waals surface area contributed by atoms with Gasteiger partial charge in [-0.1, -0.05) is 0 Å². The minimum absolute atomic E-state index is 0.0985. The first-order valence-corrected chi connectivity index (χ1v) is 11.6. The van der Waals surface area contributed by atoms with Crippen LogP contribution in [-0.4, -0.2) is 57.8 Å². The van der Waals surface area contributed by atoms with Gasteiger partial charge in [-0.15, -0.1) is 10.2 Å². The van der Waals surface area contributed by atoms with Crippen LogP contribution in [0.3, 0.4) is 0 Å². The number of hydrogen-bond donors (Lipinski definition) is 1. The van der Waals surface area contributed by atoms with Gasteiger partial charge in [0.25, 0.3) is 0 Å². The molecule has 6 rings (SSSR count). The van der Waals surface area contributed by atoms with Crippen molar-refractivity contribution < 1.29 is 22.6 Å². The van der Waals surface area contributed by atoms with E-state index < -0.39 is 23.6 Å². The molecule has 1 aliphatic carbocycles. The maximum atomic E-state index is 14.5. The van der Waals surface area contributed by atoms with E-state index in [0.29, 0.717) is 36.0 Å². The van der Waals surface area contributed by atoms with Crippen LogP contribution < -0.4 is 15.0 Å². The van der Waals surface area contributed by atoms with E-state index in [1.165, 1.54) is 6.07 Å². The molecule has 4 atom stereocenters. The van der Waals surface area contributed by atoms with E-state index in [2.05, 4.69) is 30.5 Å². The summed E-state index contributed by atoms with van der Waals surface area (Å²) >= 11 is 0. The monoisotopic (exact) mass is 487 g/mol. The number of rotatable bonds is 5. The number of halogens is 3. The van der Waals surface area contributed by atoms with Crippen LogP contribution in [0, 0.1) is 29.3 Å². The lowest BCUT2D eigenvalue weighted by atomic mass is 9.92. The van der Waals surface area contributed by atoms with Crippen molar-refractivity contribution in [1.29, 1.82) is 0 Å². The fourth-order valence-electron chi connectivity index (χ4n) is 5.51. The number of nitrogens with one attached hydrogen (secondary N) is 1. The molecule has 0 unspecified atom stereocenters. The largest absolute Gasteiger partial charge is 0.480 e. The number of aromatic nitrogens is 5. The number of nitrogens with zero attached hydrogens (tertiary/aromatic N) is 6. The van der Waals surface area contributed by atoms with Gasteiger partial charge in [0.1, 0.15) is 6.10 Å². The Bertz CT molecular complexity index is 1240. The van der Waals surface area contributed by atoms with Crippen LogP contribution >= 0.6 is 0 Å². The predicted octanol–water partition coefficient (Wildman–Crippen LogP) is 2.94. The topological polar surface area (TPSA) is 90.2 Å². The zero-order chi connectivity index (χ0) is 24.1. The van der Waals surface area contributed by atoms with Gasteiger partial charge in [-0.25, -0.2) is 17.9 Å². The molecule has 0 amide bonds. The van der Waals surface area contributed by atoms with E-state index in [1.807, 2.05) is 6.07 Å². The van der Waals surface area contributed by atoms with Crippen molar-refractivity contribution in [3.8, 4) is 5.88 Å². The van der Waals surface area contributed by atoms with Crippen LogP contribution in [0.2, 0.25) is 0 Å². The molecule has 9 nitrogen and oxygen atoms in total. The lowest BCUT2D eigenvalue weighted by molar-refractivity contribution is 0.0364. The van der Waals surface area contributed by atoms with Gasteiger partial charge < -0.3 is 19.7 Å². The van der Waals surface area contributed by atoms with Gasteiger partial charge in [-0.2, -0.15) is 10.1 Å².